The van der Waals surface area contributed by atoms with Crippen molar-refractivity contribution in [2.75, 3.05) is 33.8 Å². The number of nitrogens with zero attached hydrogens (tertiary/aromatic N) is 2. The minimum atomic E-state index is -0.0981. The van der Waals surface area contributed by atoms with E-state index >= 15 is 0 Å². The van der Waals surface area contributed by atoms with Gasteiger partial charge in [-0.2, -0.15) is 0 Å². The van der Waals surface area contributed by atoms with E-state index in [9.17, 15) is 4.79 Å². The minimum absolute atomic E-state index is 0.0981. The Balaban J connectivity index is 2.50. The number of rotatable bonds is 5. The molecule has 0 unspecified atom stereocenters. The molecular formula is C17H21BrClN5O2. The quantitative estimate of drug-likeness (QED) is 0.644. The summed E-state index contributed by atoms with van der Waals surface area (Å²) in [5.41, 5.74) is 14.6. The highest BCUT2D eigenvalue weighted by Crippen LogP contribution is 2.35. The van der Waals surface area contributed by atoms with Crippen LogP contribution in [0.25, 0.3) is 5.70 Å². The fraction of sp³-hybridized carbons (Fsp3) is 0.294. The van der Waals surface area contributed by atoms with Crippen LogP contribution in [0.4, 0.5) is 0 Å². The van der Waals surface area contributed by atoms with Crippen LogP contribution in [0, 0.1) is 0 Å². The summed E-state index contributed by atoms with van der Waals surface area (Å²) in [6.45, 7) is 4.72. The molecule has 0 atom stereocenters. The number of likely N-dealkylation sites (tertiary alicyclic amines) is 1. The molecule has 5 N–H and O–H groups in total. The van der Waals surface area contributed by atoms with Gasteiger partial charge in [0.05, 0.1) is 28.9 Å². The number of likely N-dealkylation sites (N-methyl/N-ethyl adjacent to an activating group) is 1. The molecule has 1 aliphatic heterocycles. The summed E-state index contributed by atoms with van der Waals surface area (Å²) >= 11 is 9.76. The van der Waals surface area contributed by atoms with Crippen LogP contribution in [0.2, 0.25) is 5.02 Å². The Hall–Kier alpha value is -2.03. The van der Waals surface area contributed by atoms with Gasteiger partial charge in [0, 0.05) is 37.0 Å². The van der Waals surface area contributed by atoms with Gasteiger partial charge in [-0.3, -0.25) is 9.69 Å². The molecule has 1 saturated heterocycles. The van der Waals surface area contributed by atoms with Gasteiger partial charge in [0.15, 0.2) is 0 Å². The van der Waals surface area contributed by atoms with Crippen molar-refractivity contribution in [3.63, 3.8) is 0 Å². The molecule has 1 aromatic rings. The summed E-state index contributed by atoms with van der Waals surface area (Å²) in [7, 11) is 3.15. The average Bonchev–Trinajstić information content (AvgIpc) is 2.95. The molecule has 1 aliphatic rings. The average molecular weight is 443 g/mol. The number of methoxy groups -OCH3 is 1. The van der Waals surface area contributed by atoms with Crippen LogP contribution < -0.4 is 21.5 Å². The molecule has 2 rings (SSSR count). The van der Waals surface area contributed by atoms with Gasteiger partial charge in [-0.25, -0.2) is 4.99 Å². The summed E-state index contributed by atoms with van der Waals surface area (Å²) in [5.74, 6) is 0.681. The van der Waals surface area contributed by atoms with E-state index < -0.39 is 0 Å². The summed E-state index contributed by atoms with van der Waals surface area (Å²) in [4.78, 5) is 17.9. The van der Waals surface area contributed by atoms with Gasteiger partial charge in [-0.1, -0.05) is 18.2 Å². The molecule has 7 nitrogen and oxygen atoms in total. The molecule has 0 bridgehead atoms. The largest absolute Gasteiger partial charge is 0.496 e. The van der Waals surface area contributed by atoms with E-state index in [2.05, 4.69) is 32.8 Å². The number of aliphatic imine (C=N–C) groups is 1. The Bertz CT molecular complexity index is 807. The predicted molar refractivity (Wildman–Crippen MR) is 108 cm³/mol. The molecule has 0 saturated carbocycles. The van der Waals surface area contributed by atoms with E-state index in [0.29, 0.717) is 40.8 Å². The molecule has 1 heterocycles. The Morgan fingerprint density at radius 2 is 2.15 bits per heavy atom. The molecule has 1 amide bonds. The van der Waals surface area contributed by atoms with Crippen LogP contribution in [-0.2, 0) is 4.79 Å². The highest BCUT2D eigenvalue weighted by Gasteiger charge is 2.28. The van der Waals surface area contributed by atoms with Crippen LogP contribution in [0.15, 0.2) is 39.6 Å². The zero-order valence-electron chi connectivity index (χ0n) is 14.6. The number of nitrogens with two attached hydrogens (primary N) is 2. The van der Waals surface area contributed by atoms with E-state index in [1.165, 1.54) is 0 Å². The fourth-order valence-corrected chi connectivity index (χ4v) is 3.55. The van der Waals surface area contributed by atoms with Crippen LogP contribution in [0.5, 0.6) is 5.75 Å². The van der Waals surface area contributed by atoms with E-state index in [0.717, 1.165) is 10.0 Å². The summed E-state index contributed by atoms with van der Waals surface area (Å²) in [6, 6.07) is 3.48. The second-order valence-corrected chi connectivity index (χ2v) is 6.99. The van der Waals surface area contributed by atoms with Gasteiger partial charge in [0.2, 0.25) is 5.91 Å². The normalized spacial score (nSPS) is 18.1. The standard InChI is InChI=1S/C17H21BrClN5O2/c1-9(20)23-14-7-24(8-16(25)22-2)6-11(14)17(21)10-4-15(26-3)12(18)5-13(10)19/h4-5H,1,6-8,20-21H2,2-3H3,(H,22,25)/b17-11-,23-14?. The molecule has 1 fully saturated rings. The van der Waals surface area contributed by atoms with E-state index in [-0.39, 0.29) is 18.3 Å². The molecule has 9 heteroatoms. The Kier molecular flexibility index (Phi) is 6.69. The molecule has 26 heavy (non-hydrogen) atoms. The Morgan fingerprint density at radius 1 is 1.46 bits per heavy atom. The SMILES string of the molecule is C=C(N)N=C1CN(CC(=O)NC)C/C1=C(/N)c1cc(OC)c(Br)cc1Cl. The first-order valence-corrected chi connectivity index (χ1v) is 8.91. The second kappa shape index (κ2) is 8.57. The first-order chi connectivity index (χ1) is 12.3. The van der Waals surface area contributed by atoms with Gasteiger partial charge in [-0.05, 0) is 28.1 Å². The number of hydrogen-bond acceptors (Lipinski definition) is 6. The van der Waals surface area contributed by atoms with Crippen molar-refractivity contribution in [1.29, 1.82) is 0 Å². The number of benzene rings is 1. The molecule has 0 aromatic heterocycles. The van der Waals surface area contributed by atoms with Gasteiger partial charge in [0.25, 0.3) is 0 Å². The maximum Gasteiger partial charge on any atom is 0.233 e. The minimum Gasteiger partial charge on any atom is -0.496 e. The summed E-state index contributed by atoms with van der Waals surface area (Å²) in [5, 5.41) is 3.07. The smallest absolute Gasteiger partial charge is 0.233 e. The lowest BCUT2D eigenvalue weighted by Crippen LogP contribution is -2.34. The Labute approximate surface area is 165 Å². The molecule has 1 aromatic carbocycles. The lowest BCUT2D eigenvalue weighted by atomic mass is 10.0. The van der Waals surface area contributed by atoms with Gasteiger partial charge in [0.1, 0.15) is 11.6 Å². The van der Waals surface area contributed by atoms with E-state index in [4.69, 9.17) is 27.8 Å². The number of halogens is 2. The van der Waals surface area contributed by atoms with E-state index in [1.54, 1.807) is 26.3 Å². The zero-order valence-corrected chi connectivity index (χ0v) is 16.9. The van der Waals surface area contributed by atoms with Gasteiger partial charge < -0.3 is 21.5 Å². The summed E-state index contributed by atoms with van der Waals surface area (Å²) in [6.07, 6.45) is 0. The van der Waals surface area contributed by atoms with Crippen molar-refractivity contribution < 1.29 is 9.53 Å². The summed E-state index contributed by atoms with van der Waals surface area (Å²) < 4.78 is 6.05. The lowest BCUT2D eigenvalue weighted by Gasteiger charge is -2.13. The van der Waals surface area contributed by atoms with Crippen molar-refractivity contribution in [2.24, 2.45) is 16.5 Å². The molecular weight excluding hydrogens is 422 g/mol. The van der Waals surface area contributed by atoms with Crippen molar-refractivity contribution in [2.45, 2.75) is 0 Å². The van der Waals surface area contributed by atoms with Crippen molar-refractivity contribution in [3.05, 3.63) is 45.2 Å². The van der Waals surface area contributed by atoms with Crippen molar-refractivity contribution >= 4 is 44.8 Å². The van der Waals surface area contributed by atoms with Crippen LogP contribution in [0.3, 0.4) is 0 Å². The Morgan fingerprint density at radius 3 is 2.73 bits per heavy atom. The zero-order chi connectivity index (χ0) is 19.4. The van der Waals surface area contributed by atoms with Crippen LogP contribution >= 0.6 is 27.5 Å². The molecule has 140 valence electrons. The number of carbonyl (C=O) groups is 1. The second-order valence-electron chi connectivity index (χ2n) is 5.73. The topological polar surface area (TPSA) is 106 Å². The highest BCUT2D eigenvalue weighted by molar-refractivity contribution is 9.10. The van der Waals surface area contributed by atoms with E-state index in [1.807, 2.05) is 4.90 Å². The predicted octanol–water partition coefficient (Wildman–Crippen LogP) is 1.71. The van der Waals surface area contributed by atoms with Gasteiger partial charge >= 0.3 is 0 Å². The number of hydrogen-bond donors (Lipinski definition) is 3. The number of ether oxygens (including phenoxy) is 1. The molecule has 0 radical (unpaired) electrons. The number of carbonyl (C=O) groups excluding carboxylic acids is 1. The number of nitrogens with one attached hydrogen (secondary N) is 1. The number of amides is 1. The third-order valence-electron chi connectivity index (χ3n) is 3.88. The van der Waals surface area contributed by atoms with Crippen molar-refractivity contribution in [3.8, 4) is 5.75 Å². The highest BCUT2D eigenvalue weighted by atomic mass is 79.9. The lowest BCUT2D eigenvalue weighted by molar-refractivity contribution is -0.121. The maximum absolute atomic E-state index is 11.7. The molecule has 0 spiro atoms. The first kappa shape index (κ1) is 20.3. The van der Waals surface area contributed by atoms with Crippen molar-refractivity contribution in [1.82, 2.24) is 10.2 Å². The maximum atomic E-state index is 11.7. The third-order valence-corrected chi connectivity index (χ3v) is 4.82. The third kappa shape index (κ3) is 4.57. The fourth-order valence-electron chi connectivity index (χ4n) is 2.64. The molecule has 0 aliphatic carbocycles. The monoisotopic (exact) mass is 441 g/mol. The first-order valence-electron chi connectivity index (χ1n) is 7.74. The van der Waals surface area contributed by atoms with Gasteiger partial charge in [-0.15, -0.1) is 0 Å². The van der Waals surface area contributed by atoms with Crippen LogP contribution in [-0.4, -0.2) is 50.3 Å². The van der Waals surface area contributed by atoms with Crippen LogP contribution in [0.1, 0.15) is 5.56 Å².